The van der Waals surface area contributed by atoms with Crippen molar-refractivity contribution in [1.82, 2.24) is 10.2 Å². The number of halogens is 3. The summed E-state index contributed by atoms with van der Waals surface area (Å²) in [6.45, 7) is 3.10. The lowest BCUT2D eigenvalue weighted by Crippen LogP contribution is -2.45. The molecule has 0 aromatic rings. The van der Waals surface area contributed by atoms with Crippen LogP contribution in [0.2, 0.25) is 0 Å². The normalized spacial score (nSPS) is 29.5. The molecule has 0 bridgehead atoms. The average molecular weight is 266 g/mol. The van der Waals surface area contributed by atoms with Crippen molar-refractivity contribution in [3.8, 4) is 0 Å². The Morgan fingerprint density at radius 2 is 2.11 bits per heavy atom. The van der Waals surface area contributed by atoms with Crippen LogP contribution in [0.3, 0.4) is 0 Å². The fraction of sp³-hybridized carbons (Fsp3) is 1.00. The second-order valence-corrected chi connectivity index (χ2v) is 5.19. The lowest BCUT2D eigenvalue weighted by molar-refractivity contribution is -0.174. The SMILES string of the molecule is FC(F)(F)COCCCN1CCCC2CNCC21. The number of fused-ring (bicyclic) bond motifs is 1. The highest BCUT2D eigenvalue weighted by molar-refractivity contribution is 4.91. The molecule has 2 fully saturated rings. The van der Waals surface area contributed by atoms with Gasteiger partial charge in [0.05, 0.1) is 0 Å². The summed E-state index contributed by atoms with van der Waals surface area (Å²) >= 11 is 0. The molecule has 2 unspecified atom stereocenters. The van der Waals surface area contributed by atoms with Gasteiger partial charge in [-0.2, -0.15) is 13.2 Å². The number of nitrogens with zero attached hydrogens (tertiary/aromatic N) is 1. The highest BCUT2D eigenvalue weighted by Gasteiger charge is 2.34. The van der Waals surface area contributed by atoms with E-state index in [1.807, 2.05) is 0 Å². The predicted octanol–water partition coefficient (Wildman–Crippen LogP) is 1.64. The molecule has 0 radical (unpaired) electrons. The molecule has 2 heterocycles. The first-order valence-electron chi connectivity index (χ1n) is 6.65. The van der Waals surface area contributed by atoms with Gasteiger partial charge < -0.3 is 10.1 Å². The van der Waals surface area contributed by atoms with Crippen molar-refractivity contribution in [2.75, 3.05) is 39.4 Å². The Bertz CT molecular complexity index is 260. The molecule has 18 heavy (non-hydrogen) atoms. The topological polar surface area (TPSA) is 24.5 Å². The van der Waals surface area contributed by atoms with Crippen LogP contribution < -0.4 is 5.32 Å². The molecule has 0 amide bonds. The van der Waals surface area contributed by atoms with Gasteiger partial charge in [0, 0.05) is 25.7 Å². The minimum absolute atomic E-state index is 0.195. The summed E-state index contributed by atoms with van der Waals surface area (Å²) in [6, 6.07) is 0.585. The van der Waals surface area contributed by atoms with Gasteiger partial charge in [-0.25, -0.2) is 0 Å². The average Bonchev–Trinajstić information content (AvgIpc) is 2.75. The fourth-order valence-electron chi connectivity index (χ4n) is 3.00. The van der Waals surface area contributed by atoms with E-state index in [1.54, 1.807) is 0 Å². The van der Waals surface area contributed by atoms with Crippen LogP contribution in [0.25, 0.3) is 0 Å². The van der Waals surface area contributed by atoms with Crippen molar-refractivity contribution in [2.45, 2.75) is 31.5 Å². The zero-order valence-electron chi connectivity index (χ0n) is 10.5. The van der Waals surface area contributed by atoms with Crippen LogP contribution in [0.1, 0.15) is 19.3 Å². The van der Waals surface area contributed by atoms with Gasteiger partial charge >= 0.3 is 6.18 Å². The molecule has 1 N–H and O–H groups in total. The van der Waals surface area contributed by atoms with E-state index in [2.05, 4.69) is 15.0 Å². The van der Waals surface area contributed by atoms with Gasteiger partial charge in [0.2, 0.25) is 0 Å². The minimum atomic E-state index is -4.20. The first-order chi connectivity index (χ1) is 8.56. The second kappa shape index (κ2) is 6.21. The van der Waals surface area contributed by atoms with Crippen molar-refractivity contribution < 1.29 is 17.9 Å². The van der Waals surface area contributed by atoms with E-state index in [0.717, 1.165) is 32.1 Å². The summed E-state index contributed by atoms with van der Waals surface area (Å²) in [7, 11) is 0. The Hall–Kier alpha value is -0.330. The number of rotatable bonds is 5. The van der Waals surface area contributed by atoms with Gasteiger partial charge in [-0.1, -0.05) is 0 Å². The van der Waals surface area contributed by atoms with Crippen LogP contribution in [-0.2, 0) is 4.74 Å². The van der Waals surface area contributed by atoms with E-state index in [0.29, 0.717) is 12.5 Å². The van der Waals surface area contributed by atoms with Crippen LogP contribution in [-0.4, -0.2) is 56.5 Å². The van der Waals surface area contributed by atoms with E-state index in [4.69, 9.17) is 0 Å². The second-order valence-electron chi connectivity index (χ2n) is 5.19. The molecule has 0 saturated carbocycles. The Kier molecular flexibility index (Phi) is 4.86. The van der Waals surface area contributed by atoms with Gasteiger partial charge in [-0.3, -0.25) is 4.90 Å². The lowest BCUT2D eigenvalue weighted by atomic mass is 9.92. The van der Waals surface area contributed by atoms with Crippen LogP contribution >= 0.6 is 0 Å². The molecule has 0 aliphatic carbocycles. The Balaban J connectivity index is 1.61. The maximum absolute atomic E-state index is 11.9. The molecule has 106 valence electrons. The quantitative estimate of drug-likeness (QED) is 0.766. The lowest BCUT2D eigenvalue weighted by Gasteiger charge is -2.37. The number of nitrogens with one attached hydrogen (secondary N) is 1. The molecular formula is C12H21F3N2O. The standard InChI is InChI=1S/C12H21F3N2O/c13-12(14,15)9-18-6-2-5-17-4-1-3-10-7-16-8-11(10)17/h10-11,16H,1-9H2. The van der Waals surface area contributed by atoms with Crippen molar-refractivity contribution in [3.05, 3.63) is 0 Å². The Morgan fingerprint density at radius 3 is 2.89 bits per heavy atom. The zero-order chi connectivity index (χ0) is 13.0. The monoisotopic (exact) mass is 266 g/mol. The molecular weight excluding hydrogens is 245 g/mol. The minimum Gasteiger partial charge on any atom is -0.372 e. The number of piperidine rings is 1. The van der Waals surface area contributed by atoms with Crippen LogP contribution in [0.15, 0.2) is 0 Å². The molecule has 6 heteroatoms. The highest BCUT2D eigenvalue weighted by Crippen LogP contribution is 2.26. The number of alkyl halides is 3. The number of likely N-dealkylation sites (tertiary alicyclic amines) is 1. The van der Waals surface area contributed by atoms with Gasteiger partial charge in [0.15, 0.2) is 0 Å². The van der Waals surface area contributed by atoms with Gasteiger partial charge in [-0.15, -0.1) is 0 Å². The van der Waals surface area contributed by atoms with Crippen LogP contribution in [0.5, 0.6) is 0 Å². The summed E-state index contributed by atoms with van der Waals surface area (Å²) in [5.41, 5.74) is 0. The van der Waals surface area contributed by atoms with Crippen molar-refractivity contribution in [2.24, 2.45) is 5.92 Å². The van der Waals surface area contributed by atoms with Gasteiger partial charge in [0.25, 0.3) is 0 Å². The van der Waals surface area contributed by atoms with Crippen LogP contribution in [0.4, 0.5) is 13.2 Å². The third kappa shape index (κ3) is 4.10. The molecule has 0 aromatic carbocycles. The van der Waals surface area contributed by atoms with Gasteiger partial charge in [0.1, 0.15) is 6.61 Å². The summed E-state index contributed by atoms with van der Waals surface area (Å²) < 4.78 is 40.2. The third-order valence-corrected chi connectivity index (χ3v) is 3.79. The highest BCUT2D eigenvalue weighted by atomic mass is 19.4. The predicted molar refractivity (Wildman–Crippen MR) is 62.4 cm³/mol. The molecule has 2 rings (SSSR count). The summed E-state index contributed by atoms with van der Waals surface area (Å²) in [4.78, 5) is 2.41. The summed E-state index contributed by atoms with van der Waals surface area (Å²) in [5.74, 6) is 0.731. The third-order valence-electron chi connectivity index (χ3n) is 3.79. The molecule has 2 atom stereocenters. The van der Waals surface area contributed by atoms with Gasteiger partial charge in [-0.05, 0) is 38.3 Å². The molecule has 2 aliphatic rings. The summed E-state index contributed by atoms with van der Waals surface area (Å²) in [5, 5.41) is 3.39. The van der Waals surface area contributed by atoms with Crippen LogP contribution in [0, 0.1) is 5.92 Å². The summed E-state index contributed by atoms with van der Waals surface area (Å²) in [6.07, 6.45) is -1.05. The maximum Gasteiger partial charge on any atom is 0.411 e. The zero-order valence-corrected chi connectivity index (χ0v) is 10.5. The molecule has 3 nitrogen and oxygen atoms in total. The molecule has 0 spiro atoms. The molecule has 0 aromatic heterocycles. The van der Waals surface area contributed by atoms with E-state index in [1.165, 1.54) is 12.8 Å². The van der Waals surface area contributed by atoms with Crippen molar-refractivity contribution in [3.63, 3.8) is 0 Å². The van der Waals surface area contributed by atoms with E-state index in [9.17, 15) is 13.2 Å². The van der Waals surface area contributed by atoms with Crippen molar-refractivity contribution >= 4 is 0 Å². The largest absolute Gasteiger partial charge is 0.411 e. The maximum atomic E-state index is 11.9. The first kappa shape index (κ1) is 14.1. The number of ether oxygens (including phenoxy) is 1. The Labute approximate surface area is 106 Å². The first-order valence-corrected chi connectivity index (χ1v) is 6.65. The number of hydrogen-bond donors (Lipinski definition) is 1. The van der Waals surface area contributed by atoms with E-state index >= 15 is 0 Å². The smallest absolute Gasteiger partial charge is 0.372 e. The number of hydrogen-bond acceptors (Lipinski definition) is 3. The van der Waals surface area contributed by atoms with E-state index in [-0.39, 0.29) is 6.61 Å². The Morgan fingerprint density at radius 1 is 1.28 bits per heavy atom. The fourth-order valence-corrected chi connectivity index (χ4v) is 3.00. The van der Waals surface area contributed by atoms with E-state index < -0.39 is 12.8 Å². The molecule has 2 aliphatic heterocycles. The van der Waals surface area contributed by atoms with Crippen molar-refractivity contribution in [1.29, 1.82) is 0 Å². The molecule has 2 saturated heterocycles.